The van der Waals surface area contributed by atoms with Crippen molar-refractivity contribution in [3.05, 3.63) is 158 Å². The van der Waals surface area contributed by atoms with Crippen molar-refractivity contribution in [1.29, 1.82) is 0 Å². The number of aromatic amines is 1. The molecule has 8 rings (SSSR count). The smallest absolute Gasteiger partial charge is 0.160 e. The van der Waals surface area contributed by atoms with Crippen LogP contribution in [0.1, 0.15) is 0 Å². The topological polar surface area (TPSA) is 41.6 Å². The number of aromatic nitrogens is 3. The molecule has 8 aromatic rings. The highest BCUT2D eigenvalue weighted by molar-refractivity contribution is 6.08. The Morgan fingerprint density at radius 3 is 1.60 bits per heavy atom. The SMILES string of the molecule is c1ccc(-c2ccc(-c3cc(-c4ccccc4)nc(-c4cccc(-c5ccc6[nH]c7ccccc7c6c5)c4)n3)cc2)cc1. The van der Waals surface area contributed by atoms with Crippen LogP contribution in [0.3, 0.4) is 0 Å². The minimum Gasteiger partial charge on any atom is -0.355 e. The highest BCUT2D eigenvalue weighted by atomic mass is 14.9. The fourth-order valence-corrected chi connectivity index (χ4v) is 5.81. The van der Waals surface area contributed by atoms with E-state index >= 15 is 0 Å². The fraction of sp³-hybridized carbons (Fsp3) is 0. The summed E-state index contributed by atoms with van der Waals surface area (Å²) in [6.07, 6.45) is 0. The zero-order valence-electron chi connectivity index (χ0n) is 23.4. The molecule has 0 spiro atoms. The van der Waals surface area contributed by atoms with E-state index in [2.05, 4.69) is 138 Å². The van der Waals surface area contributed by atoms with Crippen LogP contribution >= 0.6 is 0 Å². The lowest BCUT2D eigenvalue weighted by atomic mass is 10.00. The minimum absolute atomic E-state index is 0.707. The van der Waals surface area contributed by atoms with E-state index in [4.69, 9.17) is 9.97 Å². The van der Waals surface area contributed by atoms with Crippen LogP contribution in [0.25, 0.3) is 78.0 Å². The molecule has 0 unspecified atom stereocenters. The number of benzene rings is 6. The van der Waals surface area contributed by atoms with Gasteiger partial charge in [0.2, 0.25) is 0 Å². The molecule has 0 radical (unpaired) electrons. The zero-order chi connectivity index (χ0) is 28.6. The van der Waals surface area contributed by atoms with Crippen molar-refractivity contribution in [3.63, 3.8) is 0 Å². The van der Waals surface area contributed by atoms with E-state index in [-0.39, 0.29) is 0 Å². The standard InChI is InChI=1S/C40H27N3/c1-3-10-27(11-4-1)28-18-20-30(21-19-28)39-26-38(29-12-5-2-6-13-29)42-40(43-39)33-15-9-14-31(24-33)32-22-23-37-35(25-32)34-16-7-8-17-36(34)41-37/h1-26,41H. The molecule has 202 valence electrons. The molecule has 2 aromatic heterocycles. The highest BCUT2D eigenvalue weighted by Gasteiger charge is 2.13. The first-order chi connectivity index (χ1) is 21.3. The van der Waals surface area contributed by atoms with Gasteiger partial charge in [0.1, 0.15) is 0 Å². The molecule has 0 aliphatic rings. The van der Waals surface area contributed by atoms with E-state index in [0.29, 0.717) is 5.82 Å². The quantitative estimate of drug-likeness (QED) is 0.232. The van der Waals surface area contributed by atoms with Crippen LogP contribution in [0.15, 0.2) is 158 Å². The third-order valence-corrected chi connectivity index (χ3v) is 8.04. The number of nitrogens with one attached hydrogen (secondary N) is 1. The van der Waals surface area contributed by atoms with E-state index in [1.807, 2.05) is 24.3 Å². The van der Waals surface area contributed by atoms with Crippen molar-refractivity contribution in [1.82, 2.24) is 15.0 Å². The van der Waals surface area contributed by atoms with E-state index in [1.165, 1.54) is 21.9 Å². The number of hydrogen-bond acceptors (Lipinski definition) is 2. The Bertz CT molecular complexity index is 2210. The van der Waals surface area contributed by atoms with Crippen LogP contribution in [0.2, 0.25) is 0 Å². The maximum atomic E-state index is 5.10. The predicted octanol–water partition coefficient (Wildman–Crippen LogP) is 10.4. The van der Waals surface area contributed by atoms with Gasteiger partial charge in [-0.05, 0) is 52.6 Å². The minimum atomic E-state index is 0.707. The third-order valence-electron chi connectivity index (χ3n) is 8.04. The van der Waals surface area contributed by atoms with Gasteiger partial charge in [-0.2, -0.15) is 0 Å². The van der Waals surface area contributed by atoms with Crippen molar-refractivity contribution >= 4 is 21.8 Å². The van der Waals surface area contributed by atoms with Crippen LogP contribution in [-0.4, -0.2) is 15.0 Å². The van der Waals surface area contributed by atoms with E-state index < -0.39 is 0 Å². The molecule has 3 heteroatoms. The first-order valence-electron chi connectivity index (χ1n) is 14.5. The molecule has 2 heterocycles. The summed E-state index contributed by atoms with van der Waals surface area (Å²) in [5.41, 5.74) is 11.9. The number of fused-ring (bicyclic) bond motifs is 3. The van der Waals surface area contributed by atoms with Crippen molar-refractivity contribution in [2.24, 2.45) is 0 Å². The van der Waals surface area contributed by atoms with Crippen LogP contribution in [0.4, 0.5) is 0 Å². The summed E-state index contributed by atoms with van der Waals surface area (Å²) in [6, 6.07) is 55.1. The van der Waals surface area contributed by atoms with Gasteiger partial charge in [-0.1, -0.05) is 127 Å². The average molecular weight is 550 g/mol. The van der Waals surface area contributed by atoms with Crippen LogP contribution in [-0.2, 0) is 0 Å². The first kappa shape index (κ1) is 25.0. The maximum Gasteiger partial charge on any atom is 0.160 e. The number of H-pyrrole nitrogens is 1. The monoisotopic (exact) mass is 549 g/mol. The van der Waals surface area contributed by atoms with Gasteiger partial charge in [-0.3, -0.25) is 0 Å². The second kappa shape index (κ2) is 10.6. The number of rotatable bonds is 5. The van der Waals surface area contributed by atoms with Gasteiger partial charge in [0, 0.05) is 38.5 Å². The molecule has 6 aromatic carbocycles. The van der Waals surface area contributed by atoms with Gasteiger partial charge in [0.15, 0.2) is 5.82 Å². The lowest BCUT2D eigenvalue weighted by molar-refractivity contribution is 1.18. The lowest BCUT2D eigenvalue weighted by Gasteiger charge is -2.11. The van der Waals surface area contributed by atoms with Gasteiger partial charge in [0.05, 0.1) is 11.4 Å². The lowest BCUT2D eigenvalue weighted by Crippen LogP contribution is -1.96. The van der Waals surface area contributed by atoms with E-state index in [0.717, 1.165) is 50.2 Å². The zero-order valence-corrected chi connectivity index (χ0v) is 23.4. The number of para-hydroxylation sites is 1. The van der Waals surface area contributed by atoms with Crippen molar-refractivity contribution in [3.8, 4) is 56.2 Å². The average Bonchev–Trinajstić information content (AvgIpc) is 3.47. The van der Waals surface area contributed by atoms with Crippen molar-refractivity contribution in [2.75, 3.05) is 0 Å². The molecule has 0 aliphatic heterocycles. The molecule has 0 fully saturated rings. The molecular formula is C40H27N3. The fourth-order valence-electron chi connectivity index (χ4n) is 5.81. The molecule has 3 nitrogen and oxygen atoms in total. The van der Waals surface area contributed by atoms with Crippen molar-refractivity contribution < 1.29 is 0 Å². The maximum absolute atomic E-state index is 5.10. The summed E-state index contributed by atoms with van der Waals surface area (Å²) in [4.78, 5) is 13.7. The normalized spacial score (nSPS) is 11.3. The molecule has 0 saturated carbocycles. The second-order valence-corrected chi connectivity index (χ2v) is 10.8. The Morgan fingerprint density at radius 1 is 0.326 bits per heavy atom. The summed E-state index contributed by atoms with van der Waals surface area (Å²) in [5, 5.41) is 2.46. The largest absolute Gasteiger partial charge is 0.355 e. The summed E-state index contributed by atoms with van der Waals surface area (Å²) in [5.74, 6) is 0.707. The summed E-state index contributed by atoms with van der Waals surface area (Å²) >= 11 is 0. The Hall–Kier alpha value is -5.80. The van der Waals surface area contributed by atoms with Crippen molar-refractivity contribution in [2.45, 2.75) is 0 Å². The Labute approximate surface area is 250 Å². The molecule has 0 aliphatic carbocycles. The van der Waals surface area contributed by atoms with Crippen LogP contribution in [0, 0.1) is 0 Å². The van der Waals surface area contributed by atoms with Crippen LogP contribution in [0.5, 0.6) is 0 Å². The molecule has 1 N–H and O–H groups in total. The summed E-state index contributed by atoms with van der Waals surface area (Å²) in [7, 11) is 0. The van der Waals surface area contributed by atoms with E-state index in [9.17, 15) is 0 Å². The molecule has 43 heavy (non-hydrogen) atoms. The molecular weight excluding hydrogens is 522 g/mol. The molecule has 0 amide bonds. The van der Waals surface area contributed by atoms with Gasteiger partial charge in [0.25, 0.3) is 0 Å². The molecule has 0 atom stereocenters. The predicted molar refractivity (Wildman–Crippen MR) is 179 cm³/mol. The second-order valence-electron chi connectivity index (χ2n) is 10.8. The third kappa shape index (κ3) is 4.77. The Balaban J connectivity index is 1.22. The van der Waals surface area contributed by atoms with E-state index in [1.54, 1.807) is 0 Å². The summed E-state index contributed by atoms with van der Waals surface area (Å²) < 4.78 is 0. The first-order valence-corrected chi connectivity index (χ1v) is 14.5. The van der Waals surface area contributed by atoms with Gasteiger partial charge < -0.3 is 4.98 Å². The Morgan fingerprint density at radius 2 is 0.837 bits per heavy atom. The molecule has 0 bridgehead atoms. The molecule has 0 saturated heterocycles. The van der Waals surface area contributed by atoms with Gasteiger partial charge >= 0.3 is 0 Å². The summed E-state index contributed by atoms with van der Waals surface area (Å²) in [6.45, 7) is 0. The number of hydrogen-bond donors (Lipinski definition) is 1. The van der Waals surface area contributed by atoms with Gasteiger partial charge in [-0.15, -0.1) is 0 Å². The van der Waals surface area contributed by atoms with Crippen LogP contribution < -0.4 is 0 Å². The van der Waals surface area contributed by atoms with Gasteiger partial charge in [-0.25, -0.2) is 9.97 Å². The number of nitrogens with zero attached hydrogens (tertiary/aromatic N) is 2. The highest BCUT2D eigenvalue weighted by Crippen LogP contribution is 2.33. The Kier molecular flexibility index (Phi) is 6.12.